The van der Waals surface area contributed by atoms with Crippen LogP contribution in [0.1, 0.15) is 69.1 Å². The van der Waals surface area contributed by atoms with Crippen LogP contribution in [-0.4, -0.2) is 50.4 Å². The summed E-state index contributed by atoms with van der Waals surface area (Å²) in [6, 6.07) is 2.09. The number of rotatable bonds is 9. The Balaban J connectivity index is 2.13. The van der Waals surface area contributed by atoms with Gasteiger partial charge in [-0.3, -0.25) is 23.9 Å². The molecule has 0 aromatic carbocycles. The van der Waals surface area contributed by atoms with Crippen LogP contribution < -0.4 is 10.5 Å². The first-order valence-electron chi connectivity index (χ1n) is 12.1. The number of amides is 1. The summed E-state index contributed by atoms with van der Waals surface area (Å²) in [6.07, 6.45) is 5.87. The van der Waals surface area contributed by atoms with Crippen molar-refractivity contribution in [3.05, 3.63) is 31.9 Å². The molecule has 0 aliphatic carbocycles. The quantitative estimate of drug-likeness (QED) is 0.386. The van der Waals surface area contributed by atoms with E-state index in [1.807, 2.05) is 0 Å². The lowest BCUT2D eigenvalue weighted by molar-refractivity contribution is -0.137. The van der Waals surface area contributed by atoms with Crippen molar-refractivity contribution in [2.75, 3.05) is 24.5 Å². The van der Waals surface area contributed by atoms with Gasteiger partial charge in [-0.25, -0.2) is 0 Å². The summed E-state index contributed by atoms with van der Waals surface area (Å²) in [5.74, 6) is 0.0466. The topological polar surface area (TPSA) is 107 Å². The molecule has 0 spiro atoms. The number of piperidine rings is 1. The fourth-order valence-electron chi connectivity index (χ4n) is 4.60. The van der Waals surface area contributed by atoms with Gasteiger partial charge in [0.2, 0.25) is 0 Å². The number of hydrogen-bond donors (Lipinski definition) is 1. The predicted octanol–water partition coefficient (Wildman–Crippen LogP) is 4.13. The maximum Gasteiger partial charge on any atom is 0.303 e. The molecule has 2 saturated heterocycles. The van der Waals surface area contributed by atoms with Crippen LogP contribution in [0.15, 0.2) is 9.70 Å². The number of aliphatic carboxylic acids is 1. The first-order valence-corrected chi connectivity index (χ1v) is 13.3. The normalized spacial score (nSPS) is 19.5. The molecule has 2 aliphatic rings. The summed E-state index contributed by atoms with van der Waals surface area (Å²) >= 11 is 6.58. The molecule has 1 N–H and O–H groups in total. The maximum absolute atomic E-state index is 13.3. The minimum Gasteiger partial charge on any atom is -0.481 e. The number of carbonyl (C=O) groups excluding carboxylic acids is 1. The highest BCUT2D eigenvalue weighted by atomic mass is 32.2. The second-order valence-electron chi connectivity index (χ2n) is 9.18. The number of unbranched alkanes of at least 4 members (excludes halogenated alkanes) is 1. The van der Waals surface area contributed by atoms with E-state index >= 15 is 0 Å². The Morgan fingerprint density at radius 1 is 1.31 bits per heavy atom. The molecule has 8 nitrogen and oxygen atoms in total. The van der Waals surface area contributed by atoms with Crippen molar-refractivity contribution in [2.24, 2.45) is 5.92 Å². The van der Waals surface area contributed by atoms with Gasteiger partial charge in [-0.2, -0.15) is 5.26 Å². The molecule has 35 heavy (non-hydrogen) atoms. The Morgan fingerprint density at radius 3 is 2.69 bits per heavy atom. The van der Waals surface area contributed by atoms with Crippen LogP contribution in [0.4, 0.5) is 5.82 Å². The van der Waals surface area contributed by atoms with Crippen molar-refractivity contribution in [1.82, 2.24) is 9.47 Å². The van der Waals surface area contributed by atoms with E-state index < -0.39 is 5.97 Å². The molecule has 1 aromatic heterocycles. The van der Waals surface area contributed by atoms with Gasteiger partial charge in [0.15, 0.2) is 0 Å². The zero-order valence-electron chi connectivity index (χ0n) is 20.5. The molecule has 1 atom stereocenters. The Hall–Kier alpha value is -2.64. The van der Waals surface area contributed by atoms with E-state index in [0.29, 0.717) is 39.2 Å². The van der Waals surface area contributed by atoms with Gasteiger partial charge in [-0.05, 0) is 50.2 Å². The van der Waals surface area contributed by atoms with Crippen LogP contribution in [0, 0.1) is 24.2 Å². The molecule has 2 aliphatic heterocycles. The number of nitriles is 1. The van der Waals surface area contributed by atoms with E-state index in [1.54, 1.807) is 17.6 Å². The zero-order chi connectivity index (χ0) is 25.7. The number of thiocarbonyl (C=S) groups is 1. The third-order valence-electron chi connectivity index (χ3n) is 6.46. The highest BCUT2D eigenvalue weighted by molar-refractivity contribution is 8.26. The van der Waals surface area contributed by atoms with Crippen LogP contribution in [0.25, 0.3) is 6.08 Å². The summed E-state index contributed by atoms with van der Waals surface area (Å²) in [5.41, 5.74) is 1.08. The number of aromatic nitrogens is 1. The second-order valence-corrected chi connectivity index (χ2v) is 10.9. The zero-order valence-corrected chi connectivity index (χ0v) is 22.1. The van der Waals surface area contributed by atoms with Gasteiger partial charge in [0.1, 0.15) is 21.8 Å². The van der Waals surface area contributed by atoms with Crippen LogP contribution in [-0.2, 0) is 16.1 Å². The molecule has 0 bridgehead atoms. The van der Waals surface area contributed by atoms with Gasteiger partial charge in [0.25, 0.3) is 11.5 Å². The van der Waals surface area contributed by atoms with Crippen LogP contribution >= 0.6 is 24.0 Å². The Morgan fingerprint density at radius 2 is 2.06 bits per heavy atom. The summed E-state index contributed by atoms with van der Waals surface area (Å²) in [6.45, 7) is 8.36. The minimum atomic E-state index is -0.916. The average molecular weight is 517 g/mol. The van der Waals surface area contributed by atoms with Gasteiger partial charge in [0, 0.05) is 38.2 Å². The lowest BCUT2D eigenvalue weighted by Gasteiger charge is -2.36. The molecule has 10 heteroatoms. The standard InChI is InChI=1S/C25H32N4O4S2/c1-4-5-11-28-22(27-10-6-8-16(2)15-27)18(17(3)19(14-26)23(28)32)13-20-24(33)29(25(34)35-20)12-7-9-21(30)31/h13,16H,4-12,15H2,1-3H3,(H,30,31)/b20-13+. The van der Waals surface area contributed by atoms with E-state index in [-0.39, 0.29) is 30.0 Å². The second kappa shape index (κ2) is 11.9. The molecule has 3 rings (SSSR count). The Labute approximate surface area is 215 Å². The van der Waals surface area contributed by atoms with Crippen molar-refractivity contribution in [3.63, 3.8) is 0 Å². The van der Waals surface area contributed by atoms with Crippen LogP contribution in [0.5, 0.6) is 0 Å². The van der Waals surface area contributed by atoms with Crippen molar-refractivity contribution < 1.29 is 14.7 Å². The summed E-state index contributed by atoms with van der Waals surface area (Å²) < 4.78 is 2.10. The van der Waals surface area contributed by atoms with E-state index in [4.69, 9.17) is 17.3 Å². The molecule has 2 fully saturated rings. The minimum absolute atomic E-state index is 0.0412. The highest BCUT2D eigenvalue weighted by Gasteiger charge is 2.33. The molecule has 0 saturated carbocycles. The van der Waals surface area contributed by atoms with E-state index in [0.717, 1.165) is 44.6 Å². The number of carbonyl (C=O) groups is 2. The fourth-order valence-corrected chi connectivity index (χ4v) is 5.89. The van der Waals surface area contributed by atoms with Crippen LogP contribution in [0.2, 0.25) is 0 Å². The highest BCUT2D eigenvalue weighted by Crippen LogP contribution is 2.37. The first kappa shape index (κ1) is 27.0. The van der Waals surface area contributed by atoms with Crippen molar-refractivity contribution in [3.8, 4) is 6.07 Å². The number of thioether (sulfide) groups is 1. The predicted molar refractivity (Wildman–Crippen MR) is 142 cm³/mol. The summed E-state index contributed by atoms with van der Waals surface area (Å²) in [4.78, 5) is 41.5. The summed E-state index contributed by atoms with van der Waals surface area (Å²) in [5, 5.41) is 18.7. The van der Waals surface area contributed by atoms with Gasteiger partial charge in [-0.1, -0.05) is 44.2 Å². The number of carboxylic acid groups (broad SMARTS) is 1. The number of anilines is 1. The molecule has 1 aromatic rings. The van der Waals surface area contributed by atoms with Crippen molar-refractivity contribution >= 4 is 52.1 Å². The lowest BCUT2D eigenvalue weighted by atomic mass is 9.98. The molecule has 3 heterocycles. The maximum atomic E-state index is 13.3. The van der Waals surface area contributed by atoms with Crippen molar-refractivity contribution in [1.29, 1.82) is 5.26 Å². The fraction of sp³-hybridized carbons (Fsp3) is 0.560. The number of nitrogens with zero attached hydrogens (tertiary/aromatic N) is 4. The number of carboxylic acids is 1. The third-order valence-corrected chi connectivity index (χ3v) is 7.84. The monoisotopic (exact) mass is 516 g/mol. The Bertz CT molecular complexity index is 1150. The first-order chi connectivity index (χ1) is 16.7. The molecular weight excluding hydrogens is 484 g/mol. The van der Waals surface area contributed by atoms with E-state index in [2.05, 4.69) is 24.8 Å². The molecule has 0 radical (unpaired) electrons. The van der Waals surface area contributed by atoms with Crippen LogP contribution in [0.3, 0.4) is 0 Å². The molecule has 188 valence electrons. The molecule has 1 amide bonds. The van der Waals surface area contributed by atoms with Gasteiger partial charge in [-0.15, -0.1) is 0 Å². The van der Waals surface area contributed by atoms with Gasteiger partial charge in [0.05, 0.1) is 4.91 Å². The van der Waals surface area contributed by atoms with Gasteiger partial charge >= 0.3 is 5.97 Å². The Kier molecular flexibility index (Phi) is 9.14. The number of hydrogen-bond acceptors (Lipinski definition) is 7. The molecular formula is C25H32N4O4S2. The average Bonchev–Trinajstić information content (AvgIpc) is 3.07. The van der Waals surface area contributed by atoms with E-state index in [9.17, 15) is 19.6 Å². The third kappa shape index (κ3) is 5.96. The SMILES string of the molecule is CCCCn1c(N2CCCC(C)C2)c(/C=C2/SC(=S)N(CCCC(=O)O)C2=O)c(C)c(C#N)c1=O. The van der Waals surface area contributed by atoms with E-state index in [1.165, 1.54) is 16.7 Å². The van der Waals surface area contributed by atoms with Gasteiger partial charge < -0.3 is 10.0 Å². The number of pyridine rings is 1. The largest absolute Gasteiger partial charge is 0.481 e. The molecule has 1 unspecified atom stereocenters. The smallest absolute Gasteiger partial charge is 0.303 e. The van der Waals surface area contributed by atoms with Crippen molar-refractivity contribution in [2.45, 2.75) is 65.8 Å². The lowest BCUT2D eigenvalue weighted by Crippen LogP contribution is -2.40. The summed E-state index contributed by atoms with van der Waals surface area (Å²) in [7, 11) is 0.